The number of hydrogen-bond acceptors (Lipinski definition) is 7. The number of rotatable bonds is 8. The molecule has 2 aromatic heterocycles. The summed E-state index contributed by atoms with van der Waals surface area (Å²) in [6.45, 7) is 5.52. The van der Waals surface area contributed by atoms with Gasteiger partial charge < -0.3 is 15.1 Å². The zero-order valence-corrected chi connectivity index (χ0v) is 18.8. The van der Waals surface area contributed by atoms with E-state index in [9.17, 15) is 18.5 Å². The van der Waals surface area contributed by atoms with Gasteiger partial charge in [0.25, 0.3) is 10.0 Å². The number of carbonyl (C=O) groups excluding carboxylic acids is 1. The van der Waals surface area contributed by atoms with Crippen molar-refractivity contribution in [3.8, 4) is 17.2 Å². The smallest absolute Gasteiger partial charge is 0.251 e. The van der Waals surface area contributed by atoms with E-state index in [-0.39, 0.29) is 18.8 Å². The molecule has 0 fully saturated rings. The number of benzene rings is 1. The van der Waals surface area contributed by atoms with Gasteiger partial charge in [-0.25, -0.2) is 23.1 Å². The minimum absolute atomic E-state index is 0.167. The number of carbonyl (C=O) groups is 1. The van der Waals surface area contributed by atoms with Crippen LogP contribution in [0, 0.1) is 18.3 Å². The van der Waals surface area contributed by atoms with Crippen LogP contribution < -0.4 is 10.5 Å². The van der Waals surface area contributed by atoms with Crippen LogP contribution in [0.3, 0.4) is 0 Å². The lowest BCUT2D eigenvalue weighted by Crippen LogP contribution is -2.31. The van der Waals surface area contributed by atoms with Gasteiger partial charge in [-0.15, -0.1) is 0 Å². The van der Waals surface area contributed by atoms with Gasteiger partial charge in [0.2, 0.25) is 0 Å². The molecule has 0 bridgehead atoms. The summed E-state index contributed by atoms with van der Waals surface area (Å²) in [5.41, 5.74) is 9.45. The number of aryl methyl sites for hydroxylation is 2. The molecule has 166 valence electrons. The summed E-state index contributed by atoms with van der Waals surface area (Å²) in [4.78, 5) is 19.1. The molecule has 1 aromatic carbocycles. The van der Waals surface area contributed by atoms with Crippen molar-refractivity contribution in [1.29, 1.82) is 5.26 Å². The maximum absolute atomic E-state index is 12.8. The van der Waals surface area contributed by atoms with Gasteiger partial charge in [-0.3, -0.25) is 0 Å². The molecule has 0 amide bonds. The highest BCUT2D eigenvalue weighted by Crippen LogP contribution is 2.38. The Labute approximate surface area is 186 Å². The first kappa shape index (κ1) is 23.1. The average molecular weight is 453 g/mol. The number of nitrogens with zero attached hydrogens (tertiary/aromatic N) is 4. The van der Waals surface area contributed by atoms with Gasteiger partial charge in [0.15, 0.2) is 4.91 Å². The third-order valence-electron chi connectivity index (χ3n) is 4.78. The van der Waals surface area contributed by atoms with Crippen LogP contribution in [0.4, 0.5) is 5.82 Å². The molecule has 3 aromatic rings. The predicted molar refractivity (Wildman–Crippen MR) is 124 cm³/mol. The lowest BCUT2D eigenvalue weighted by molar-refractivity contribution is -0.108. The molecular formula is C22H24N6O3S. The number of allylic oxidation sites excluding steroid dienone is 1. The second-order valence-corrected chi connectivity index (χ2v) is 9.27. The minimum atomic E-state index is -4.06. The number of sulfonamides is 1. The fraction of sp³-hybridized carbons (Fsp3) is 0.273. The maximum atomic E-state index is 12.8. The molecule has 9 nitrogen and oxygen atoms in total. The first-order valence-electron chi connectivity index (χ1n) is 9.97. The van der Waals surface area contributed by atoms with Crippen molar-refractivity contribution in [2.24, 2.45) is 0 Å². The van der Waals surface area contributed by atoms with Crippen LogP contribution in [0.2, 0.25) is 0 Å². The number of nitriles is 1. The maximum Gasteiger partial charge on any atom is 0.251 e. The van der Waals surface area contributed by atoms with Gasteiger partial charge in [-0.2, -0.15) is 5.26 Å². The number of anilines is 1. The zero-order valence-electron chi connectivity index (χ0n) is 18.0. The van der Waals surface area contributed by atoms with Crippen LogP contribution in [-0.2, 0) is 21.4 Å². The standard InChI is InChI=1S/C22H24N6O3S/c1-14(2)27-32(30,31)17(12-23)11-18-19(16-7-5-15(3)6-8-16)20-21(24)25-13-26-22(20)28(18)9-4-10-29/h5-8,10-11,13-14,27H,4,9H2,1-3H3,(H2,24,25,26)/b17-11+. The highest BCUT2D eigenvalue weighted by molar-refractivity contribution is 7.93. The Morgan fingerprint density at radius 1 is 1.28 bits per heavy atom. The SMILES string of the molecule is Cc1ccc(-c2c(/C=C(\C#N)S(=O)(=O)NC(C)C)n(CCC=O)c3ncnc(N)c23)cc1. The Morgan fingerprint density at radius 2 is 1.97 bits per heavy atom. The molecule has 0 aliphatic carbocycles. The van der Waals surface area contributed by atoms with Gasteiger partial charge >= 0.3 is 0 Å². The lowest BCUT2D eigenvalue weighted by Gasteiger charge is -2.11. The van der Waals surface area contributed by atoms with Crippen molar-refractivity contribution in [2.45, 2.75) is 39.8 Å². The summed E-state index contributed by atoms with van der Waals surface area (Å²) in [6, 6.07) is 8.99. The molecule has 3 rings (SSSR count). The van der Waals surface area contributed by atoms with E-state index in [2.05, 4.69) is 14.7 Å². The van der Waals surface area contributed by atoms with Crippen LogP contribution in [0.15, 0.2) is 35.5 Å². The van der Waals surface area contributed by atoms with E-state index in [1.807, 2.05) is 31.2 Å². The molecule has 0 aliphatic rings. The Kier molecular flexibility index (Phi) is 6.72. The highest BCUT2D eigenvalue weighted by Gasteiger charge is 2.25. The van der Waals surface area contributed by atoms with E-state index in [4.69, 9.17) is 5.73 Å². The highest BCUT2D eigenvalue weighted by atomic mass is 32.2. The number of aldehydes is 1. The number of nitrogens with two attached hydrogens (primary N) is 1. The average Bonchev–Trinajstić information content (AvgIpc) is 3.04. The molecular weight excluding hydrogens is 428 g/mol. The van der Waals surface area contributed by atoms with Gasteiger partial charge in [-0.05, 0) is 32.4 Å². The summed E-state index contributed by atoms with van der Waals surface area (Å²) in [7, 11) is -4.06. The second kappa shape index (κ2) is 9.30. The van der Waals surface area contributed by atoms with Crippen LogP contribution in [0.25, 0.3) is 28.2 Å². The third-order valence-corrected chi connectivity index (χ3v) is 6.35. The fourth-order valence-electron chi connectivity index (χ4n) is 3.45. The quantitative estimate of drug-likeness (QED) is 0.395. The zero-order chi connectivity index (χ0) is 23.5. The number of fused-ring (bicyclic) bond motifs is 1. The summed E-state index contributed by atoms with van der Waals surface area (Å²) in [6.07, 6.45) is 3.54. The van der Waals surface area contributed by atoms with E-state index >= 15 is 0 Å². The molecule has 0 aliphatic heterocycles. The van der Waals surface area contributed by atoms with E-state index in [1.165, 1.54) is 12.4 Å². The molecule has 2 heterocycles. The van der Waals surface area contributed by atoms with Crippen molar-refractivity contribution in [1.82, 2.24) is 19.3 Å². The van der Waals surface area contributed by atoms with E-state index in [0.717, 1.165) is 17.4 Å². The number of hydrogen-bond donors (Lipinski definition) is 2. The van der Waals surface area contributed by atoms with Gasteiger partial charge in [0.05, 0.1) is 11.1 Å². The largest absolute Gasteiger partial charge is 0.383 e. The summed E-state index contributed by atoms with van der Waals surface area (Å²) in [5, 5.41) is 10.2. The molecule has 0 saturated carbocycles. The molecule has 32 heavy (non-hydrogen) atoms. The third kappa shape index (κ3) is 4.54. The number of nitrogens with one attached hydrogen (secondary N) is 1. The Bertz CT molecular complexity index is 1330. The first-order chi connectivity index (χ1) is 15.2. The first-order valence-corrected chi connectivity index (χ1v) is 11.5. The molecule has 10 heteroatoms. The molecule has 0 radical (unpaired) electrons. The van der Waals surface area contributed by atoms with Crippen molar-refractivity contribution in [2.75, 3.05) is 5.73 Å². The fourth-order valence-corrected chi connectivity index (χ4v) is 4.58. The van der Waals surface area contributed by atoms with Crippen LogP contribution in [0.5, 0.6) is 0 Å². The second-order valence-electron chi connectivity index (χ2n) is 7.59. The predicted octanol–water partition coefficient (Wildman–Crippen LogP) is 2.77. The molecule has 0 spiro atoms. The summed E-state index contributed by atoms with van der Waals surface area (Å²) < 4.78 is 29.6. The molecule has 0 unspecified atom stereocenters. The monoisotopic (exact) mass is 452 g/mol. The van der Waals surface area contributed by atoms with Gasteiger partial charge in [0.1, 0.15) is 30.1 Å². The summed E-state index contributed by atoms with van der Waals surface area (Å²) >= 11 is 0. The van der Waals surface area contributed by atoms with Crippen molar-refractivity contribution in [3.63, 3.8) is 0 Å². The minimum Gasteiger partial charge on any atom is -0.383 e. The Hall–Kier alpha value is -3.55. The van der Waals surface area contributed by atoms with Gasteiger partial charge in [0, 0.05) is 24.6 Å². The van der Waals surface area contributed by atoms with E-state index in [1.54, 1.807) is 24.5 Å². The molecule has 0 saturated heterocycles. The van der Waals surface area contributed by atoms with Crippen LogP contribution >= 0.6 is 0 Å². The van der Waals surface area contributed by atoms with E-state index < -0.39 is 21.0 Å². The van der Waals surface area contributed by atoms with Crippen molar-refractivity contribution < 1.29 is 13.2 Å². The van der Waals surface area contributed by atoms with Gasteiger partial charge in [-0.1, -0.05) is 29.8 Å². The Morgan fingerprint density at radius 3 is 2.56 bits per heavy atom. The molecule has 3 N–H and O–H groups in total. The number of nitrogen functional groups attached to an aromatic ring is 1. The Balaban J connectivity index is 2.43. The normalized spacial score (nSPS) is 12.3. The van der Waals surface area contributed by atoms with E-state index in [0.29, 0.717) is 22.3 Å². The van der Waals surface area contributed by atoms with Crippen LogP contribution in [-0.4, -0.2) is 35.3 Å². The molecule has 0 atom stereocenters. The van der Waals surface area contributed by atoms with Crippen LogP contribution in [0.1, 0.15) is 31.5 Å². The van der Waals surface area contributed by atoms with Crippen molar-refractivity contribution >= 4 is 39.2 Å². The lowest BCUT2D eigenvalue weighted by atomic mass is 10.0. The summed E-state index contributed by atoms with van der Waals surface area (Å²) in [5.74, 6) is 0.215. The van der Waals surface area contributed by atoms with Crippen molar-refractivity contribution in [3.05, 3.63) is 46.8 Å². The topological polar surface area (TPSA) is 144 Å². The number of aromatic nitrogens is 3.